The maximum atomic E-state index is 2.12. The van der Waals surface area contributed by atoms with Gasteiger partial charge in [-0.2, -0.15) is 9.90 Å². The molecule has 2 rings (SSSR count). The van der Waals surface area contributed by atoms with Gasteiger partial charge < -0.3 is 0 Å². The van der Waals surface area contributed by atoms with E-state index in [0.29, 0.717) is 0 Å². The Bertz CT molecular complexity index is 303. The van der Waals surface area contributed by atoms with Crippen LogP contribution in [0.25, 0.3) is 11.1 Å². The Hall–Kier alpha value is -1.13. The molecule has 0 bridgehead atoms. The van der Waals surface area contributed by atoms with Gasteiger partial charge in [-0.05, 0) is 11.1 Å². The standard InChI is InChI=1S/C12H10.H3P/c1-3-7-11(8-4-1)12-9-5-2-6-10-12;/h1-10H;1H3. The van der Waals surface area contributed by atoms with Crippen LogP contribution in [0.1, 0.15) is 0 Å². The Balaban J connectivity index is 0.000000845. The Morgan fingerprint density at radius 1 is 0.462 bits per heavy atom. The summed E-state index contributed by atoms with van der Waals surface area (Å²) in [5, 5.41) is 0. The molecular weight excluding hydrogens is 175 g/mol. The summed E-state index contributed by atoms with van der Waals surface area (Å²) in [4.78, 5) is 0. The minimum absolute atomic E-state index is 0. The lowest BCUT2D eigenvalue weighted by molar-refractivity contribution is 1.62. The van der Waals surface area contributed by atoms with Gasteiger partial charge in [-0.25, -0.2) is 0 Å². The highest BCUT2D eigenvalue weighted by molar-refractivity contribution is 6.92. The molecule has 0 amide bonds. The second kappa shape index (κ2) is 4.79. The van der Waals surface area contributed by atoms with Crippen LogP contribution in [0, 0.1) is 0 Å². The van der Waals surface area contributed by atoms with Gasteiger partial charge in [-0.1, -0.05) is 60.7 Å². The lowest BCUT2D eigenvalue weighted by Gasteiger charge is -1.98. The molecule has 0 saturated carbocycles. The number of hydrogen-bond donors (Lipinski definition) is 0. The topological polar surface area (TPSA) is 0 Å². The lowest BCUT2D eigenvalue weighted by Crippen LogP contribution is -1.73. The minimum atomic E-state index is 0. The third-order valence-corrected chi connectivity index (χ3v) is 1.88. The molecule has 0 heterocycles. The number of rotatable bonds is 1. The first kappa shape index (κ1) is 9.95. The summed E-state index contributed by atoms with van der Waals surface area (Å²) in [6.07, 6.45) is 0. The van der Waals surface area contributed by atoms with E-state index >= 15 is 0 Å². The van der Waals surface area contributed by atoms with Gasteiger partial charge in [0, 0.05) is 0 Å². The molecule has 0 aliphatic carbocycles. The molecule has 0 fully saturated rings. The average Bonchev–Trinajstić information content (AvgIpc) is 2.21. The second-order valence-corrected chi connectivity index (χ2v) is 2.73. The van der Waals surface area contributed by atoms with E-state index in [1.54, 1.807) is 0 Å². The van der Waals surface area contributed by atoms with Gasteiger partial charge in [-0.15, -0.1) is 0 Å². The zero-order valence-electron chi connectivity index (χ0n) is 7.48. The molecule has 1 atom stereocenters. The summed E-state index contributed by atoms with van der Waals surface area (Å²) < 4.78 is 0. The van der Waals surface area contributed by atoms with E-state index < -0.39 is 0 Å². The molecule has 0 nitrogen and oxygen atoms in total. The molecule has 0 aliphatic heterocycles. The van der Waals surface area contributed by atoms with Crippen LogP contribution in [-0.4, -0.2) is 0 Å². The molecule has 66 valence electrons. The van der Waals surface area contributed by atoms with E-state index in [4.69, 9.17) is 0 Å². The van der Waals surface area contributed by atoms with Gasteiger partial charge in [0.2, 0.25) is 0 Å². The van der Waals surface area contributed by atoms with Crippen LogP contribution in [0.2, 0.25) is 0 Å². The van der Waals surface area contributed by atoms with Crippen molar-refractivity contribution in [1.82, 2.24) is 0 Å². The van der Waals surface area contributed by atoms with Gasteiger partial charge in [0.25, 0.3) is 0 Å². The molecule has 0 N–H and O–H groups in total. The molecule has 2 aromatic rings. The van der Waals surface area contributed by atoms with Gasteiger partial charge in [0.1, 0.15) is 0 Å². The summed E-state index contributed by atoms with van der Waals surface area (Å²) in [6, 6.07) is 20.8. The molecule has 0 spiro atoms. The smallest absolute Gasteiger partial charge is 0.0184 e. The maximum absolute atomic E-state index is 2.12. The molecular formula is C12H13P. The molecule has 1 unspecified atom stereocenters. The van der Waals surface area contributed by atoms with Gasteiger partial charge in [-0.3, -0.25) is 0 Å². The third-order valence-electron chi connectivity index (χ3n) is 1.88. The first-order chi connectivity index (χ1) is 5.97. The van der Waals surface area contributed by atoms with Crippen molar-refractivity contribution in [3.05, 3.63) is 60.7 Å². The third kappa shape index (κ3) is 2.40. The van der Waals surface area contributed by atoms with Crippen LogP contribution in [0.15, 0.2) is 60.7 Å². The minimum Gasteiger partial charge on any atom is -0.153 e. The highest BCUT2D eigenvalue weighted by Gasteiger charge is 1.91. The van der Waals surface area contributed by atoms with Crippen molar-refractivity contribution < 1.29 is 0 Å². The predicted octanol–water partition coefficient (Wildman–Crippen LogP) is 3.41. The summed E-state index contributed by atoms with van der Waals surface area (Å²) in [6.45, 7) is 0. The van der Waals surface area contributed by atoms with Crippen LogP contribution in [-0.2, 0) is 0 Å². The Morgan fingerprint density at radius 3 is 1.08 bits per heavy atom. The molecule has 0 saturated heterocycles. The highest BCUT2D eigenvalue weighted by Crippen LogP contribution is 2.17. The van der Waals surface area contributed by atoms with Gasteiger partial charge in [0.15, 0.2) is 0 Å². The van der Waals surface area contributed by atoms with E-state index in [2.05, 4.69) is 48.5 Å². The van der Waals surface area contributed by atoms with E-state index in [9.17, 15) is 0 Å². The summed E-state index contributed by atoms with van der Waals surface area (Å²) >= 11 is 0. The van der Waals surface area contributed by atoms with Crippen LogP contribution >= 0.6 is 9.90 Å². The normalized spacial score (nSPS) is 8.92. The van der Waals surface area contributed by atoms with Crippen LogP contribution in [0.4, 0.5) is 0 Å². The van der Waals surface area contributed by atoms with Crippen LogP contribution < -0.4 is 0 Å². The van der Waals surface area contributed by atoms with Gasteiger partial charge >= 0.3 is 0 Å². The van der Waals surface area contributed by atoms with Crippen molar-refractivity contribution >= 4 is 9.90 Å². The first-order valence-electron chi connectivity index (χ1n) is 4.07. The fourth-order valence-electron chi connectivity index (χ4n) is 1.26. The zero-order chi connectivity index (χ0) is 8.23. The quantitative estimate of drug-likeness (QED) is 0.601. The summed E-state index contributed by atoms with van der Waals surface area (Å²) in [5.41, 5.74) is 2.55. The largest absolute Gasteiger partial charge is 0.153 e. The molecule has 0 aliphatic rings. The lowest BCUT2D eigenvalue weighted by atomic mass is 10.1. The van der Waals surface area contributed by atoms with Crippen LogP contribution in [0.5, 0.6) is 0 Å². The molecule has 13 heavy (non-hydrogen) atoms. The predicted molar refractivity (Wildman–Crippen MR) is 63.0 cm³/mol. The molecule has 1 heteroatoms. The Kier molecular flexibility index (Phi) is 3.67. The zero-order valence-corrected chi connectivity index (χ0v) is 8.89. The Labute approximate surface area is 82.2 Å². The van der Waals surface area contributed by atoms with E-state index in [1.165, 1.54) is 11.1 Å². The summed E-state index contributed by atoms with van der Waals surface area (Å²) in [7, 11) is 0. The molecule has 2 aromatic carbocycles. The highest BCUT2D eigenvalue weighted by atomic mass is 31.0. The van der Waals surface area contributed by atoms with Crippen molar-refractivity contribution in [3.8, 4) is 11.1 Å². The van der Waals surface area contributed by atoms with Crippen molar-refractivity contribution in [2.24, 2.45) is 0 Å². The maximum Gasteiger partial charge on any atom is -0.0184 e. The fourth-order valence-corrected chi connectivity index (χ4v) is 1.26. The Morgan fingerprint density at radius 2 is 0.769 bits per heavy atom. The SMILES string of the molecule is P.c1ccc(-c2ccccc2)cc1. The van der Waals surface area contributed by atoms with Crippen molar-refractivity contribution in [3.63, 3.8) is 0 Å². The molecule has 0 radical (unpaired) electrons. The van der Waals surface area contributed by atoms with Gasteiger partial charge in [0.05, 0.1) is 0 Å². The summed E-state index contributed by atoms with van der Waals surface area (Å²) in [5.74, 6) is 0. The second-order valence-electron chi connectivity index (χ2n) is 2.73. The number of hydrogen-bond acceptors (Lipinski definition) is 0. The van der Waals surface area contributed by atoms with E-state index in [-0.39, 0.29) is 9.90 Å². The van der Waals surface area contributed by atoms with Crippen molar-refractivity contribution in [2.75, 3.05) is 0 Å². The van der Waals surface area contributed by atoms with E-state index in [0.717, 1.165) is 0 Å². The van der Waals surface area contributed by atoms with Crippen molar-refractivity contribution in [1.29, 1.82) is 0 Å². The monoisotopic (exact) mass is 188 g/mol. The average molecular weight is 188 g/mol. The van der Waals surface area contributed by atoms with Crippen molar-refractivity contribution in [2.45, 2.75) is 0 Å². The first-order valence-corrected chi connectivity index (χ1v) is 4.07. The number of benzene rings is 2. The fraction of sp³-hybridized carbons (Fsp3) is 0. The molecule has 0 aromatic heterocycles. The van der Waals surface area contributed by atoms with Crippen LogP contribution in [0.3, 0.4) is 0 Å². The van der Waals surface area contributed by atoms with E-state index in [1.807, 2.05) is 12.1 Å².